The monoisotopic (exact) mass is 296 g/mol. The highest BCUT2D eigenvalue weighted by Crippen LogP contribution is 2.43. The molecular formula is C14H16BClF2N2. The molecule has 0 atom stereocenters. The molecular weight excluding hydrogens is 280 g/mol. The average molecular weight is 297 g/mol. The van der Waals surface area contributed by atoms with E-state index in [2.05, 4.69) is 0 Å². The summed E-state index contributed by atoms with van der Waals surface area (Å²) < 4.78 is 32.3. The van der Waals surface area contributed by atoms with Gasteiger partial charge < -0.3 is 17.6 Å². The van der Waals surface area contributed by atoms with Crippen molar-refractivity contribution in [3.05, 3.63) is 39.3 Å². The molecule has 106 valence electrons. The van der Waals surface area contributed by atoms with Crippen molar-refractivity contribution in [1.82, 2.24) is 4.48 Å². The maximum Gasteiger partial charge on any atom is 0.737 e. The van der Waals surface area contributed by atoms with E-state index >= 15 is 8.63 Å². The molecule has 0 saturated carbocycles. The molecule has 1 aromatic rings. The van der Waals surface area contributed by atoms with Crippen LogP contribution in [0.25, 0.3) is 5.57 Å². The molecule has 3 heterocycles. The molecule has 6 heteroatoms. The Kier molecular flexibility index (Phi) is 2.62. The number of aromatic nitrogens is 1. The fourth-order valence-electron chi connectivity index (χ4n) is 3.60. The summed E-state index contributed by atoms with van der Waals surface area (Å²) in [5.41, 5.74) is 4.66. The lowest BCUT2D eigenvalue weighted by Gasteiger charge is -2.32. The SMILES string of the molecule is CC1=C(Cl)C(C)=[N+]2C1=C(C)c1c(C)cc(C)n1[B-]2(F)F. The second-order valence-electron chi connectivity index (χ2n) is 5.64. The van der Waals surface area contributed by atoms with Gasteiger partial charge in [-0.3, -0.25) is 0 Å². The van der Waals surface area contributed by atoms with Gasteiger partial charge in [0.2, 0.25) is 0 Å². The first-order valence-electron chi connectivity index (χ1n) is 6.61. The maximum absolute atomic E-state index is 15.0. The van der Waals surface area contributed by atoms with Gasteiger partial charge in [-0.1, -0.05) is 11.6 Å². The molecule has 2 aliphatic heterocycles. The fourth-order valence-corrected chi connectivity index (χ4v) is 3.78. The quantitative estimate of drug-likeness (QED) is 0.638. The Morgan fingerprint density at radius 1 is 1.10 bits per heavy atom. The Morgan fingerprint density at radius 3 is 2.30 bits per heavy atom. The third-order valence-electron chi connectivity index (χ3n) is 4.36. The van der Waals surface area contributed by atoms with Gasteiger partial charge in [-0.15, -0.1) is 0 Å². The van der Waals surface area contributed by atoms with E-state index in [1.54, 1.807) is 20.8 Å². The largest absolute Gasteiger partial charge is 0.737 e. The van der Waals surface area contributed by atoms with Gasteiger partial charge in [-0.05, 0) is 45.0 Å². The van der Waals surface area contributed by atoms with Crippen LogP contribution >= 0.6 is 11.6 Å². The number of rotatable bonds is 0. The Balaban J connectivity index is 2.49. The minimum absolute atomic E-state index is 0.430. The summed E-state index contributed by atoms with van der Waals surface area (Å²) in [6.07, 6.45) is 0. The van der Waals surface area contributed by atoms with E-state index in [0.29, 0.717) is 27.8 Å². The third kappa shape index (κ3) is 1.36. The standard InChI is InChI=1S/C14H16BClF2N2/c1-7-6-8(2)19-13(7)10(4)14-9(3)12(16)11(5)20(14)15(19,17)18/h6H,1-5H3. The summed E-state index contributed by atoms with van der Waals surface area (Å²) >= 11 is 6.20. The van der Waals surface area contributed by atoms with Gasteiger partial charge in [0.05, 0.1) is 0 Å². The molecule has 0 spiro atoms. The Bertz CT molecular complexity index is 753. The van der Waals surface area contributed by atoms with E-state index in [9.17, 15) is 0 Å². The van der Waals surface area contributed by atoms with Gasteiger partial charge in [0, 0.05) is 23.8 Å². The molecule has 2 aliphatic rings. The summed E-state index contributed by atoms with van der Waals surface area (Å²) in [6.45, 7) is 5.04. The number of nitrogens with zero attached hydrogens (tertiary/aromatic N) is 2. The first-order chi connectivity index (χ1) is 9.19. The molecule has 0 amide bonds. The molecule has 0 fully saturated rings. The lowest BCUT2D eigenvalue weighted by Crippen LogP contribution is -2.51. The predicted molar refractivity (Wildman–Crippen MR) is 79.4 cm³/mol. The van der Waals surface area contributed by atoms with E-state index < -0.39 is 6.97 Å². The van der Waals surface area contributed by atoms with E-state index in [4.69, 9.17) is 11.6 Å². The summed E-state index contributed by atoms with van der Waals surface area (Å²) in [5, 5.41) is 0.432. The number of hydrogen-bond acceptors (Lipinski definition) is 0. The highest BCUT2D eigenvalue weighted by Gasteiger charge is 2.55. The lowest BCUT2D eigenvalue weighted by atomic mass is 9.86. The second kappa shape index (κ2) is 3.85. The normalized spacial score (nSPS) is 20.8. The zero-order valence-electron chi connectivity index (χ0n) is 12.2. The average Bonchev–Trinajstić information content (AvgIpc) is 2.77. The molecule has 0 radical (unpaired) electrons. The van der Waals surface area contributed by atoms with Crippen LogP contribution in [0.3, 0.4) is 0 Å². The topological polar surface area (TPSA) is 7.94 Å². The van der Waals surface area contributed by atoms with Crippen molar-refractivity contribution >= 4 is 29.9 Å². The van der Waals surface area contributed by atoms with Gasteiger partial charge in [-0.2, -0.15) is 0 Å². The van der Waals surface area contributed by atoms with Gasteiger partial charge >= 0.3 is 6.97 Å². The fraction of sp³-hybridized carbons (Fsp3) is 0.357. The van der Waals surface area contributed by atoms with Crippen LogP contribution in [0.1, 0.15) is 37.7 Å². The highest BCUT2D eigenvalue weighted by atomic mass is 35.5. The smallest absolute Gasteiger partial charge is 0.394 e. The number of aryl methyl sites for hydroxylation is 2. The predicted octanol–water partition coefficient (Wildman–Crippen LogP) is 4.07. The summed E-state index contributed by atoms with van der Waals surface area (Å²) in [6, 6.07) is 1.81. The van der Waals surface area contributed by atoms with Crippen molar-refractivity contribution in [2.75, 3.05) is 0 Å². The van der Waals surface area contributed by atoms with E-state index in [1.807, 2.05) is 19.9 Å². The Hall–Kier alpha value is -1.36. The second-order valence-corrected chi connectivity index (χ2v) is 6.02. The molecule has 0 aliphatic carbocycles. The first-order valence-corrected chi connectivity index (χ1v) is 6.99. The van der Waals surface area contributed by atoms with Gasteiger partial charge in [0.1, 0.15) is 5.03 Å². The van der Waals surface area contributed by atoms with E-state index in [1.165, 1.54) is 4.48 Å². The molecule has 2 nitrogen and oxygen atoms in total. The number of fused-ring (bicyclic) bond motifs is 2. The molecule has 0 unspecified atom stereocenters. The van der Waals surface area contributed by atoms with Crippen LogP contribution in [0.15, 0.2) is 22.4 Å². The molecule has 0 aromatic carbocycles. The molecule has 3 rings (SSSR count). The van der Waals surface area contributed by atoms with Gasteiger partial charge in [-0.25, -0.2) is 0 Å². The highest BCUT2D eigenvalue weighted by molar-refractivity contribution is 6.59. The summed E-state index contributed by atoms with van der Waals surface area (Å²) in [4.78, 5) is 0. The summed E-state index contributed by atoms with van der Waals surface area (Å²) in [7, 11) is 0. The minimum Gasteiger partial charge on any atom is -0.394 e. The van der Waals surface area contributed by atoms with Crippen molar-refractivity contribution in [1.29, 1.82) is 0 Å². The zero-order valence-corrected chi connectivity index (χ0v) is 12.9. The van der Waals surface area contributed by atoms with E-state index in [-0.39, 0.29) is 0 Å². The van der Waals surface area contributed by atoms with Gasteiger partial charge in [0.25, 0.3) is 0 Å². The van der Waals surface area contributed by atoms with E-state index in [0.717, 1.165) is 21.2 Å². The van der Waals surface area contributed by atoms with Crippen LogP contribution < -0.4 is 0 Å². The molecule has 20 heavy (non-hydrogen) atoms. The molecule has 0 bridgehead atoms. The molecule has 0 saturated heterocycles. The first kappa shape index (κ1) is 13.6. The maximum atomic E-state index is 15.0. The third-order valence-corrected chi connectivity index (χ3v) is 4.91. The van der Waals surface area contributed by atoms with Crippen LogP contribution in [0.5, 0.6) is 0 Å². The summed E-state index contributed by atoms with van der Waals surface area (Å²) in [5.74, 6) is 0. The van der Waals surface area contributed by atoms with Crippen molar-refractivity contribution < 1.29 is 13.1 Å². The Morgan fingerprint density at radius 2 is 1.70 bits per heavy atom. The number of hydrogen-bond donors (Lipinski definition) is 0. The Labute approximate surface area is 122 Å². The zero-order chi connectivity index (χ0) is 15.0. The van der Waals surface area contributed by atoms with Crippen LogP contribution in [0, 0.1) is 13.8 Å². The molecule has 1 aromatic heterocycles. The van der Waals surface area contributed by atoms with Crippen molar-refractivity contribution in [3.8, 4) is 0 Å². The van der Waals surface area contributed by atoms with Crippen LogP contribution in [0.4, 0.5) is 8.63 Å². The van der Waals surface area contributed by atoms with Crippen molar-refractivity contribution in [3.63, 3.8) is 0 Å². The number of halogens is 3. The van der Waals surface area contributed by atoms with Crippen molar-refractivity contribution in [2.45, 2.75) is 34.6 Å². The van der Waals surface area contributed by atoms with Gasteiger partial charge in [0.15, 0.2) is 11.4 Å². The van der Waals surface area contributed by atoms with Crippen LogP contribution in [0.2, 0.25) is 0 Å². The van der Waals surface area contributed by atoms with Crippen LogP contribution in [-0.4, -0.2) is 21.6 Å². The molecule has 0 N–H and O–H groups in total. The number of allylic oxidation sites excluding steroid dienone is 3. The minimum atomic E-state index is -3.89. The lowest BCUT2D eigenvalue weighted by molar-refractivity contribution is -0.363. The van der Waals surface area contributed by atoms with Crippen molar-refractivity contribution in [2.24, 2.45) is 0 Å². The van der Waals surface area contributed by atoms with Crippen LogP contribution in [-0.2, 0) is 0 Å².